The highest BCUT2D eigenvalue weighted by Crippen LogP contribution is 2.46. The van der Waals surface area contributed by atoms with Crippen molar-refractivity contribution in [2.75, 3.05) is 4.90 Å². The number of fused-ring (bicyclic) bond motifs is 9. The van der Waals surface area contributed by atoms with E-state index in [0.717, 1.165) is 11.4 Å². The van der Waals surface area contributed by atoms with E-state index < -0.39 is 0 Å². The van der Waals surface area contributed by atoms with E-state index in [4.69, 9.17) is 0 Å². The van der Waals surface area contributed by atoms with Gasteiger partial charge in [0.25, 0.3) is 0 Å². The Bertz CT molecular complexity index is 3520. The third kappa shape index (κ3) is 5.47. The first-order chi connectivity index (χ1) is 29.3. The van der Waals surface area contributed by atoms with Crippen molar-refractivity contribution < 1.29 is 0 Å². The fourth-order valence-corrected chi connectivity index (χ4v) is 10.4. The van der Waals surface area contributed by atoms with Gasteiger partial charge in [0.1, 0.15) is 0 Å². The Morgan fingerprint density at radius 1 is 0.356 bits per heavy atom. The normalized spacial score (nSPS) is 11.7. The van der Waals surface area contributed by atoms with Crippen molar-refractivity contribution in [2.24, 2.45) is 0 Å². The van der Waals surface area contributed by atoms with Crippen LogP contribution in [0.4, 0.5) is 17.1 Å². The Balaban J connectivity index is 0.977. The van der Waals surface area contributed by atoms with Crippen LogP contribution in [0.15, 0.2) is 218 Å². The molecular weight excluding hydrogens is 733 g/mol. The molecule has 0 N–H and O–H groups in total. The van der Waals surface area contributed by atoms with Gasteiger partial charge in [0.15, 0.2) is 0 Å². The molecule has 0 saturated carbocycles. The van der Waals surface area contributed by atoms with Crippen LogP contribution >= 0.6 is 11.3 Å². The smallest absolute Gasteiger partial charge is 0.0640 e. The topological polar surface area (TPSA) is 8.17 Å². The second-order valence-corrected chi connectivity index (χ2v) is 16.3. The Hall–Kier alpha value is -7.46. The van der Waals surface area contributed by atoms with Crippen molar-refractivity contribution in [1.29, 1.82) is 0 Å². The van der Waals surface area contributed by atoms with E-state index in [1.807, 2.05) is 11.3 Å². The molecule has 59 heavy (non-hydrogen) atoms. The number of thiophene rings is 1. The molecule has 0 aliphatic heterocycles. The van der Waals surface area contributed by atoms with Crippen molar-refractivity contribution >= 4 is 91.9 Å². The first-order valence-corrected chi connectivity index (χ1v) is 21.0. The van der Waals surface area contributed by atoms with Gasteiger partial charge in [-0.25, -0.2) is 0 Å². The summed E-state index contributed by atoms with van der Waals surface area (Å²) in [5.74, 6) is 0. The number of anilines is 3. The first-order valence-electron chi connectivity index (χ1n) is 20.2. The van der Waals surface area contributed by atoms with Gasteiger partial charge in [0, 0.05) is 43.2 Å². The molecule has 12 aromatic rings. The summed E-state index contributed by atoms with van der Waals surface area (Å²) >= 11 is 1.87. The summed E-state index contributed by atoms with van der Waals surface area (Å²) in [5, 5.41) is 10.1. The second kappa shape index (κ2) is 13.6. The minimum Gasteiger partial charge on any atom is -0.309 e. The third-order valence-corrected chi connectivity index (χ3v) is 13.2. The quantitative estimate of drug-likeness (QED) is 0.153. The molecule has 0 atom stereocenters. The van der Waals surface area contributed by atoms with Gasteiger partial charge >= 0.3 is 0 Å². The highest BCUT2D eigenvalue weighted by molar-refractivity contribution is 7.26. The summed E-state index contributed by atoms with van der Waals surface area (Å²) in [6.45, 7) is 0. The van der Waals surface area contributed by atoms with Crippen LogP contribution in [-0.2, 0) is 0 Å². The molecule has 3 heteroatoms. The number of hydrogen-bond donors (Lipinski definition) is 0. The molecule has 0 saturated heterocycles. The van der Waals surface area contributed by atoms with E-state index in [2.05, 4.69) is 228 Å². The number of benzene rings is 10. The Morgan fingerprint density at radius 3 is 1.80 bits per heavy atom. The molecule has 0 unspecified atom stereocenters. The van der Waals surface area contributed by atoms with E-state index in [-0.39, 0.29) is 0 Å². The van der Waals surface area contributed by atoms with Gasteiger partial charge in [-0.15, -0.1) is 11.3 Å². The lowest BCUT2D eigenvalue weighted by atomic mass is 9.97. The Morgan fingerprint density at radius 2 is 0.966 bits per heavy atom. The van der Waals surface area contributed by atoms with Crippen LogP contribution < -0.4 is 4.90 Å². The highest BCUT2D eigenvalue weighted by atomic mass is 32.1. The summed E-state index contributed by atoms with van der Waals surface area (Å²) < 4.78 is 5.00. The number of rotatable bonds is 6. The SMILES string of the molecule is c1cc(-c2ccc(N(c3ccc4c(ccc5ccccc54)c3)c3cccc4c3sc3ccccc34)cc2)cc(-c2ccccc2-n2c3ccccc3c3ccccc32)c1. The summed E-state index contributed by atoms with van der Waals surface area (Å²) in [4.78, 5) is 2.44. The van der Waals surface area contributed by atoms with E-state index >= 15 is 0 Å². The average molecular weight is 769 g/mol. The molecule has 0 amide bonds. The fraction of sp³-hybridized carbons (Fsp3) is 0. The predicted molar refractivity (Wildman–Crippen MR) is 254 cm³/mol. The molecule has 0 radical (unpaired) electrons. The van der Waals surface area contributed by atoms with E-state index in [1.165, 1.54) is 97.2 Å². The van der Waals surface area contributed by atoms with Crippen molar-refractivity contribution in [1.82, 2.24) is 4.57 Å². The number of para-hydroxylation sites is 3. The maximum Gasteiger partial charge on any atom is 0.0640 e. The Kier molecular flexibility index (Phi) is 7.75. The standard InChI is InChI=1S/C56H36N2S/c1-2-16-44-38(13-1)27-28-41-36-43(33-34-45(41)44)57(54-25-12-21-50-49-20-6-10-26-55(49)59-56(50)54)42-31-29-37(30-32-42)39-14-11-15-40(35-39)46-17-3-7-22-51(46)58-52-23-8-4-18-47(52)48-19-5-9-24-53(48)58/h1-36H. The zero-order chi connectivity index (χ0) is 38.9. The molecule has 0 aliphatic carbocycles. The van der Waals surface area contributed by atoms with Crippen molar-refractivity contribution in [3.05, 3.63) is 218 Å². The minimum atomic E-state index is 1.12. The van der Waals surface area contributed by atoms with Crippen LogP contribution in [0.1, 0.15) is 0 Å². The third-order valence-electron chi connectivity index (χ3n) is 12.0. The van der Waals surface area contributed by atoms with Crippen LogP contribution in [0.3, 0.4) is 0 Å². The predicted octanol–water partition coefficient (Wildman–Crippen LogP) is 16.3. The van der Waals surface area contributed by atoms with E-state index in [0.29, 0.717) is 0 Å². The Labute approximate surface area is 346 Å². The molecule has 0 aliphatic rings. The first kappa shape index (κ1) is 33.7. The van der Waals surface area contributed by atoms with Gasteiger partial charge in [0.2, 0.25) is 0 Å². The number of aromatic nitrogens is 1. The largest absolute Gasteiger partial charge is 0.309 e. The molecule has 0 spiro atoms. The van der Waals surface area contributed by atoms with Crippen molar-refractivity contribution in [2.45, 2.75) is 0 Å². The maximum atomic E-state index is 2.44. The molecule has 0 bridgehead atoms. The van der Waals surface area contributed by atoms with E-state index in [1.54, 1.807) is 0 Å². The van der Waals surface area contributed by atoms with Gasteiger partial charge in [-0.1, -0.05) is 158 Å². The molecule has 2 heterocycles. The lowest BCUT2D eigenvalue weighted by Crippen LogP contribution is -2.10. The van der Waals surface area contributed by atoms with Crippen LogP contribution in [0.25, 0.3) is 91.5 Å². The minimum absolute atomic E-state index is 1.12. The van der Waals surface area contributed by atoms with Crippen LogP contribution in [-0.4, -0.2) is 4.57 Å². The van der Waals surface area contributed by atoms with Gasteiger partial charge in [-0.2, -0.15) is 0 Å². The van der Waals surface area contributed by atoms with Crippen LogP contribution in [0.5, 0.6) is 0 Å². The summed E-state index contributed by atoms with van der Waals surface area (Å²) in [6, 6.07) is 79.9. The van der Waals surface area contributed by atoms with Gasteiger partial charge in [-0.05, 0) is 98.9 Å². The molecule has 2 nitrogen and oxygen atoms in total. The fourth-order valence-electron chi connectivity index (χ4n) is 9.24. The molecular formula is C56H36N2S. The lowest BCUT2D eigenvalue weighted by molar-refractivity contribution is 1.18. The summed E-state index contributed by atoms with van der Waals surface area (Å²) in [7, 11) is 0. The molecule has 276 valence electrons. The molecule has 10 aromatic carbocycles. The molecule has 2 aromatic heterocycles. The van der Waals surface area contributed by atoms with Gasteiger partial charge in [-0.3, -0.25) is 0 Å². The molecule has 12 rings (SSSR count). The van der Waals surface area contributed by atoms with Crippen molar-refractivity contribution in [3.63, 3.8) is 0 Å². The zero-order valence-electron chi connectivity index (χ0n) is 32.1. The number of hydrogen-bond acceptors (Lipinski definition) is 2. The summed E-state index contributed by atoms with van der Waals surface area (Å²) in [5.41, 5.74) is 11.8. The van der Waals surface area contributed by atoms with Crippen molar-refractivity contribution in [3.8, 4) is 27.9 Å². The summed E-state index contributed by atoms with van der Waals surface area (Å²) in [6.07, 6.45) is 0. The van der Waals surface area contributed by atoms with Crippen LogP contribution in [0.2, 0.25) is 0 Å². The second-order valence-electron chi connectivity index (χ2n) is 15.3. The average Bonchev–Trinajstić information content (AvgIpc) is 3.86. The zero-order valence-corrected chi connectivity index (χ0v) is 32.9. The molecule has 0 fully saturated rings. The van der Waals surface area contributed by atoms with E-state index in [9.17, 15) is 0 Å². The lowest BCUT2D eigenvalue weighted by Gasteiger charge is -2.27. The monoisotopic (exact) mass is 768 g/mol. The van der Waals surface area contributed by atoms with Crippen LogP contribution in [0, 0.1) is 0 Å². The van der Waals surface area contributed by atoms with Gasteiger partial charge < -0.3 is 9.47 Å². The van der Waals surface area contributed by atoms with Gasteiger partial charge in [0.05, 0.1) is 27.1 Å². The number of nitrogens with zero attached hydrogens (tertiary/aromatic N) is 2. The maximum absolute atomic E-state index is 2.44. The highest BCUT2D eigenvalue weighted by Gasteiger charge is 2.20.